The van der Waals surface area contributed by atoms with Crippen LogP contribution < -0.4 is 5.32 Å². The maximum absolute atomic E-state index is 9.15. The van der Waals surface area contributed by atoms with Crippen LogP contribution >= 0.6 is 0 Å². The average molecular weight is 226 g/mol. The van der Waals surface area contributed by atoms with E-state index in [4.69, 9.17) is 5.26 Å². The van der Waals surface area contributed by atoms with Crippen molar-refractivity contribution in [3.8, 4) is 6.07 Å². The van der Waals surface area contributed by atoms with Gasteiger partial charge in [0.2, 0.25) is 0 Å². The fraction of sp³-hybridized carbons (Fsp3) is 0.231. The fourth-order valence-corrected chi connectivity index (χ4v) is 1.64. The Labute approximate surface area is 100 Å². The van der Waals surface area contributed by atoms with E-state index in [2.05, 4.69) is 16.5 Å². The molecule has 1 N–H and O–H groups in total. The summed E-state index contributed by atoms with van der Waals surface area (Å²) in [5, 5.41) is 16.5. The normalized spacial score (nSPS) is 11.8. The van der Waals surface area contributed by atoms with Gasteiger partial charge in [0.25, 0.3) is 0 Å². The molecule has 1 atom stereocenters. The third-order valence-electron chi connectivity index (χ3n) is 2.56. The molecule has 17 heavy (non-hydrogen) atoms. The molecule has 0 fully saturated rings. The van der Waals surface area contributed by atoms with E-state index in [1.54, 1.807) is 4.68 Å². The van der Waals surface area contributed by atoms with Crippen LogP contribution in [-0.4, -0.2) is 16.3 Å². The van der Waals surface area contributed by atoms with Crippen molar-refractivity contribution in [1.82, 2.24) is 9.78 Å². The van der Waals surface area contributed by atoms with Gasteiger partial charge in [-0.25, -0.2) is 0 Å². The number of hydrogen-bond donors (Lipinski definition) is 1. The topological polar surface area (TPSA) is 53.6 Å². The molecule has 0 spiro atoms. The minimum absolute atomic E-state index is 0.154. The van der Waals surface area contributed by atoms with Crippen molar-refractivity contribution in [1.29, 1.82) is 5.26 Å². The van der Waals surface area contributed by atoms with Gasteiger partial charge in [-0.15, -0.1) is 0 Å². The Hall–Kier alpha value is -2.28. The second-order valence-electron chi connectivity index (χ2n) is 3.85. The van der Waals surface area contributed by atoms with Crippen LogP contribution in [-0.2, 0) is 7.05 Å². The van der Waals surface area contributed by atoms with Crippen LogP contribution in [0.1, 0.15) is 11.5 Å². The molecule has 1 aromatic carbocycles. The maximum Gasteiger partial charge on any atom is 0.148 e. The van der Waals surface area contributed by atoms with Gasteiger partial charge in [0, 0.05) is 25.9 Å². The number of rotatable bonds is 4. The minimum atomic E-state index is -0.154. The van der Waals surface area contributed by atoms with Crippen LogP contribution in [0.25, 0.3) is 0 Å². The predicted octanol–water partition coefficient (Wildman–Crippen LogP) is 2.14. The van der Waals surface area contributed by atoms with Crippen LogP contribution in [0.3, 0.4) is 0 Å². The summed E-state index contributed by atoms with van der Waals surface area (Å²) in [7, 11) is 1.87. The second kappa shape index (κ2) is 5.17. The van der Waals surface area contributed by atoms with Crippen LogP contribution in [0, 0.1) is 11.3 Å². The molecule has 0 aliphatic carbocycles. The van der Waals surface area contributed by atoms with E-state index in [0.29, 0.717) is 6.54 Å². The van der Waals surface area contributed by atoms with E-state index >= 15 is 0 Å². The molecule has 0 aliphatic heterocycles. The van der Waals surface area contributed by atoms with Crippen molar-refractivity contribution < 1.29 is 0 Å². The van der Waals surface area contributed by atoms with E-state index in [-0.39, 0.29) is 5.92 Å². The molecule has 0 amide bonds. The van der Waals surface area contributed by atoms with Gasteiger partial charge in [-0.2, -0.15) is 10.4 Å². The molecule has 1 unspecified atom stereocenters. The van der Waals surface area contributed by atoms with E-state index < -0.39 is 0 Å². The lowest BCUT2D eigenvalue weighted by molar-refractivity contribution is 0.765. The Balaban J connectivity index is 2.00. The lowest BCUT2D eigenvalue weighted by Gasteiger charge is -2.09. The Kier molecular flexibility index (Phi) is 3.41. The van der Waals surface area contributed by atoms with Gasteiger partial charge >= 0.3 is 0 Å². The zero-order valence-electron chi connectivity index (χ0n) is 9.67. The molecule has 0 bridgehead atoms. The number of aromatic nitrogens is 2. The van der Waals surface area contributed by atoms with Gasteiger partial charge < -0.3 is 5.32 Å². The molecule has 2 rings (SSSR count). The first-order chi connectivity index (χ1) is 8.29. The largest absolute Gasteiger partial charge is 0.367 e. The van der Waals surface area contributed by atoms with Gasteiger partial charge in [-0.05, 0) is 5.56 Å². The van der Waals surface area contributed by atoms with Gasteiger partial charge in [0.15, 0.2) is 0 Å². The second-order valence-corrected chi connectivity index (χ2v) is 3.85. The molecular formula is C13H14N4. The van der Waals surface area contributed by atoms with E-state index in [1.165, 1.54) is 0 Å². The highest BCUT2D eigenvalue weighted by atomic mass is 15.3. The first-order valence-corrected chi connectivity index (χ1v) is 5.47. The summed E-state index contributed by atoms with van der Waals surface area (Å²) in [6.07, 6.45) is 1.87. The monoisotopic (exact) mass is 226 g/mol. The van der Waals surface area contributed by atoms with Crippen molar-refractivity contribution in [3.05, 3.63) is 48.2 Å². The molecular weight excluding hydrogens is 212 g/mol. The summed E-state index contributed by atoms with van der Waals surface area (Å²) >= 11 is 0. The number of aryl methyl sites for hydroxylation is 1. The molecule has 0 saturated carbocycles. The van der Waals surface area contributed by atoms with E-state index in [1.807, 2.05) is 49.6 Å². The Bertz CT molecular complexity index is 510. The highest BCUT2D eigenvalue weighted by Gasteiger charge is 2.09. The number of nitriles is 1. The van der Waals surface area contributed by atoms with Crippen molar-refractivity contribution in [2.75, 3.05) is 11.9 Å². The van der Waals surface area contributed by atoms with Crippen LogP contribution in [0.15, 0.2) is 42.6 Å². The van der Waals surface area contributed by atoms with E-state index in [9.17, 15) is 0 Å². The average Bonchev–Trinajstić information content (AvgIpc) is 2.77. The molecule has 4 heteroatoms. The molecule has 0 aliphatic rings. The highest BCUT2D eigenvalue weighted by molar-refractivity contribution is 5.35. The van der Waals surface area contributed by atoms with Crippen molar-refractivity contribution in [2.24, 2.45) is 7.05 Å². The number of anilines is 1. The van der Waals surface area contributed by atoms with Crippen molar-refractivity contribution >= 4 is 5.82 Å². The number of nitrogens with zero attached hydrogens (tertiary/aromatic N) is 3. The lowest BCUT2D eigenvalue weighted by Crippen LogP contribution is -2.11. The minimum Gasteiger partial charge on any atom is -0.367 e. The molecule has 1 heterocycles. The number of hydrogen-bond acceptors (Lipinski definition) is 3. The summed E-state index contributed by atoms with van der Waals surface area (Å²) in [4.78, 5) is 0. The number of benzene rings is 1. The summed E-state index contributed by atoms with van der Waals surface area (Å²) in [6.45, 7) is 0.567. The predicted molar refractivity (Wildman–Crippen MR) is 66.5 cm³/mol. The standard InChI is InChI=1S/C13H14N4/c1-17-8-7-13(16-17)15-10-12(9-14)11-5-3-2-4-6-11/h2-8,12H,10H2,1H3,(H,15,16). The van der Waals surface area contributed by atoms with Crippen LogP contribution in [0.5, 0.6) is 0 Å². The molecule has 0 saturated heterocycles. The van der Waals surface area contributed by atoms with Gasteiger partial charge in [0.05, 0.1) is 12.0 Å². The fourth-order valence-electron chi connectivity index (χ4n) is 1.64. The molecule has 1 aromatic heterocycles. The Morgan fingerprint density at radius 2 is 2.12 bits per heavy atom. The quantitative estimate of drug-likeness (QED) is 0.869. The highest BCUT2D eigenvalue weighted by Crippen LogP contribution is 2.15. The maximum atomic E-state index is 9.15. The smallest absolute Gasteiger partial charge is 0.148 e. The molecule has 2 aromatic rings. The van der Waals surface area contributed by atoms with Gasteiger partial charge in [0.1, 0.15) is 5.82 Å². The van der Waals surface area contributed by atoms with Gasteiger partial charge in [-0.1, -0.05) is 30.3 Å². The Morgan fingerprint density at radius 1 is 1.35 bits per heavy atom. The molecule has 0 radical (unpaired) electrons. The third kappa shape index (κ3) is 2.85. The zero-order valence-corrected chi connectivity index (χ0v) is 9.67. The SMILES string of the molecule is Cn1ccc(NCC(C#N)c2ccccc2)n1. The zero-order chi connectivity index (χ0) is 12.1. The summed E-state index contributed by atoms with van der Waals surface area (Å²) in [5.74, 6) is 0.641. The first-order valence-electron chi connectivity index (χ1n) is 5.47. The van der Waals surface area contributed by atoms with Crippen LogP contribution in [0.2, 0.25) is 0 Å². The Morgan fingerprint density at radius 3 is 2.71 bits per heavy atom. The van der Waals surface area contributed by atoms with E-state index in [0.717, 1.165) is 11.4 Å². The van der Waals surface area contributed by atoms with Crippen molar-refractivity contribution in [3.63, 3.8) is 0 Å². The lowest BCUT2D eigenvalue weighted by atomic mass is 10.0. The first kappa shape index (κ1) is 11.2. The third-order valence-corrected chi connectivity index (χ3v) is 2.56. The summed E-state index contributed by atoms with van der Waals surface area (Å²) in [5.41, 5.74) is 1.03. The molecule has 4 nitrogen and oxygen atoms in total. The summed E-state index contributed by atoms with van der Waals surface area (Å²) in [6, 6.07) is 14.0. The summed E-state index contributed by atoms with van der Waals surface area (Å²) < 4.78 is 1.73. The van der Waals surface area contributed by atoms with Crippen molar-refractivity contribution in [2.45, 2.75) is 5.92 Å². The van der Waals surface area contributed by atoms with Crippen LogP contribution in [0.4, 0.5) is 5.82 Å². The van der Waals surface area contributed by atoms with Gasteiger partial charge in [-0.3, -0.25) is 4.68 Å². The number of nitrogens with one attached hydrogen (secondary N) is 1. The molecule has 86 valence electrons.